The minimum absolute atomic E-state index is 0.209. The number of benzene rings is 2. The number of hydrogen-bond donors (Lipinski definition) is 1. The first-order valence-corrected chi connectivity index (χ1v) is 8.79. The zero-order chi connectivity index (χ0) is 17.4. The lowest BCUT2D eigenvalue weighted by atomic mass is 10.1. The van der Waals surface area contributed by atoms with Crippen LogP contribution in [-0.4, -0.2) is 15.9 Å². The molecule has 0 aliphatic carbocycles. The van der Waals surface area contributed by atoms with Crippen LogP contribution in [0.15, 0.2) is 58.5 Å². The van der Waals surface area contributed by atoms with Crippen LogP contribution in [0.5, 0.6) is 5.88 Å². The van der Waals surface area contributed by atoms with E-state index in [1.165, 1.54) is 16.9 Å². The summed E-state index contributed by atoms with van der Waals surface area (Å²) >= 11 is 1.45. The van der Waals surface area contributed by atoms with Gasteiger partial charge in [-0.05, 0) is 31.2 Å². The van der Waals surface area contributed by atoms with E-state index in [1.54, 1.807) is 4.57 Å². The number of aryl methyl sites for hydroxylation is 1. The Morgan fingerprint density at radius 1 is 1.12 bits per heavy atom. The van der Waals surface area contributed by atoms with Gasteiger partial charge >= 0.3 is 0 Å². The minimum atomic E-state index is 0.209. The molecule has 1 aromatic heterocycles. The van der Waals surface area contributed by atoms with E-state index >= 15 is 0 Å². The van der Waals surface area contributed by atoms with E-state index in [0.717, 1.165) is 32.2 Å². The molecule has 0 saturated carbocycles. The van der Waals surface area contributed by atoms with Crippen molar-refractivity contribution in [1.29, 1.82) is 0 Å². The molecular weight excluding hydrogens is 330 g/mol. The third-order valence-electron chi connectivity index (χ3n) is 4.13. The van der Waals surface area contributed by atoms with E-state index in [4.69, 9.17) is 0 Å². The monoisotopic (exact) mass is 347 g/mol. The first kappa shape index (κ1) is 15.6. The van der Waals surface area contributed by atoms with Crippen LogP contribution in [0.2, 0.25) is 0 Å². The zero-order valence-electron chi connectivity index (χ0n) is 14.0. The molecule has 0 amide bonds. The van der Waals surface area contributed by atoms with Gasteiger partial charge in [-0.3, -0.25) is 9.56 Å². The fourth-order valence-corrected chi connectivity index (χ4v) is 3.67. The Hall–Kier alpha value is -2.92. The van der Waals surface area contributed by atoms with E-state index in [1.807, 2.05) is 74.8 Å². The number of para-hydroxylation sites is 1. The molecule has 0 fully saturated rings. The van der Waals surface area contributed by atoms with Gasteiger partial charge in [-0.1, -0.05) is 47.2 Å². The van der Waals surface area contributed by atoms with Crippen LogP contribution >= 0.6 is 11.3 Å². The Morgan fingerprint density at radius 3 is 2.68 bits per heavy atom. The Bertz CT molecular complexity index is 1070. The van der Waals surface area contributed by atoms with Crippen LogP contribution in [0.3, 0.4) is 0 Å². The summed E-state index contributed by atoms with van der Waals surface area (Å²) in [5, 5.41) is 10.5. The summed E-state index contributed by atoms with van der Waals surface area (Å²) in [5.74, 6) is 0.209. The lowest BCUT2D eigenvalue weighted by molar-refractivity contribution is 0.427. The van der Waals surface area contributed by atoms with E-state index in [9.17, 15) is 5.11 Å². The Balaban J connectivity index is 1.77. The van der Waals surface area contributed by atoms with Gasteiger partial charge in [0.15, 0.2) is 4.80 Å². The smallest absolute Gasteiger partial charge is 0.210 e. The maximum atomic E-state index is 10.5. The molecule has 1 aliphatic rings. The van der Waals surface area contributed by atoms with Crippen LogP contribution < -0.4 is 4.80 Å². The summed E-state index contributed by atoms with van der Waals surface area (Å²) in [6.07, 6.45) is 3.80. The highest BCUT2D eigenvalue weighted by molar-refractivity contribution is 7.10. The summed E-state index contributed by atoms with van der Waals surface area (Å²) < 4.78 is 1.70. The summed E-state index contributed by atoms with van der Waals surface area (Å²) in [4.78, 5) is 10.6. The van der Waals surface area contributed by atoms with Crippen molar-refractivity contribution in [3.8, 4) is 5.88 Å². The molecule has 3 aromatic rings. The first-order chi connectivity index (χ1) is 12.1. The SMILES string of the molecule is Cc1ccc(N=c2sc(/C=C3\C=Nc4ccccc43)c(O)n2C)cc1. The highest BCUT2D eigenvalue weighted by Gasteiger charge is 2.14. The summed E-state index contributed by atoms with van der Waals surface area (Å²) in [7, 11) is 1.82. The molecule has 25 heavy (non-hydrogen) atoms. The highest BCUT2D eigenvalue weighted by atomic mass is 32.1. The van der Waals surface area contributed by atoms with Crippen molar-refractivity contribution in [2.45, 2.75) is 6.92 Å². The fraction of sp³-hybridized carbons (Fsp3) is 0.100. The number of rotatable bonds is 2. The van der Waals surface area contributed by atoms with Crippen LogP contribution in [-0.2, 0) is 7.05 Å². The molecule has 0 saturated heterocycles. The predicted octanol–water partition coefficient (Wildman–Crippen LogP) is 4.59. The second-order valence-corrected chi connectivity index (χ2v) is 6.96. The van der Waals surface area contributed by atoms with Gasteiger partial charge in [0.05, 0.1) is 16.3 Å². The van der Waals surface area contributed by atoms with Crippen LogP contribution in [0.1, 0.15) is 16.0 Å². The molecule has 2 heterocycles. The summed E-state index contributed by atoms with van der Waals surface area (Å²) in [5.41, 5.74) is 5.10. The Kier molecular flexibility index (Phi) is 3.86. The maximum absolute atomic E-state index is 10.5. The van der Waals surface area contributed by atoms with Gasteiger partial charge in [-0.2, -0.15) is 0 Å². The number of thiazole rings is 1. The van der Waals surface area contributed by atoms with Crippen molar-refractivity contribution < 1.29 is 5.11 Å². The van der Waals surface area contributed by atoms with Gasteiger partial charge in [-0.15, -0.1) is 0 Å². The lowest BCUT2D eigenvalue weighted by Crippen LogP contribution is -2.08. The Labute approximate surface area is 149 Å². The van der Waals surface area contributed by atoms with Crippen LogP contribution in [0.25, 0.3) is 11.6 Å². The third kappa shape index (κ3) is 2.94. The molecule has 2 aromatic carbocycles. The molecule has 124 valence electrons. The maximum Gasteiger partial charge on any atom is 0.210 e. The van der Waals surface area contributed by atoms with Gasteiger partial charge in [0.2, 0.25) is 5.88 Å². The van der Waals surface area contributed by atoms with Crippen LogP contribution in [0, 0.1) is 6.92 Å². The van der Waals surface area contributed by atoms with Crippen molar-refractivity contribution in [2.24, 2.45) is 17.0 Å². The average molecular weight is 347 g/mol. The van der Waals surface area contributed by atoms with Crippen molar-refractivity contribution in [3.63, 3.8) is 0 Å². The second kappa shape index (κ2) is 6.18. The van der Waals surface area contributed by atoms with Gasteiger partial charge in [-0.25, -0.2) is 4.99 Å². The molecule has 4 rings (SSSR count). The number of aromatic hydroxyl groups is 1. The van der Waals surface area contributed by atoms with Crippen LogP contribution in [0.4, 0.5) is 11.4 Å². The molecule has 0 bridgehead atoms. The molecule has 0 radical (unpaired) electrons. The highest BCUT2D eigenvalue weighted by Crippen LogP contribution is 2.34. The van der Waals surface area contributed by atoms with Crippen molar-refractivity contribution in [2.75, 3.05) is 0 Å². The molecule has 0 atom stereocenters. The molecule has 4 nitrogen and oxygen atoms in total. The molecule has 0 unspecified atom stereocenters. The van der Waals surface area contributed by atoms with E-state index < -0.39 is 0 Å². The van der Waals surface area contributed by atoms with Gasteiger partial charge in [0.1, 0.15) is 0 Å². The van der Waals surface area contributed by atoms with E-state index in [-0.39, 0.29) is 5.88 Å². The molecule has 5 heteroatoms. The number of nitrogens with zero attached hydrogens (tertiary/aromatic N) is 3. The largest absolute Gasteiger partial charge is 0.493 e. The van der Waals surface area contributed by atoms with Gasteiger partial charge < -0.3 is 5.11 Å². The minimum Gasteiger partial charge on any atom is -0.493 e. The number of hydrogen-bond acceptors (Lipinski definition) is 4. The molecule has 0 spiro atoms. The second-order valence-electron chi connectivity index (χ2n) is 5.95. The van der Waals surface area contributed by atoms with Crippen molar-refractivity contribution in [1.82, 2.24) is 4.57 Å². The molecule has 1 N–H and O–H groups in total. The van der Waals surface area contributed by atoms with E-state index in [0.29, 0.717) is 0 Å². The van der Waals surface area contributed by atoms with Gasteiger partial charge in [0, 0.05) is 24.4 Å². The fourth-order valence-electron chi connectivity index (χ4n) is 2.69. The third-order valence-corrected chi connectivity index (χ3v) is 5.20. The van der Waals surface area contributed by atoms with Gasteiger partial charge in [0.25, 0.3) is 0 Å². The number of aromatic nitrogens is 1. The van der Waals surface area contributed by atoms with E-state index in [2.05, 4.69) is 9.98 Å². The average Bonchev–Trinajstić information content (AvgIpc) is 3.14. The molecule has 1 aliphatic heterocycles. The summed E-state index contributed by atoms with van der Waals surface area (Å²) in [6.45, 7) is 2.05. The summed E-state index contributed by atoms with van der Waals surface area (Å²) in [6, 6.07) is 16.0. The number of fused-ring (bicyclic) bond motifs is 1. The Morgan fingerprint density at radius 2 is 1.88 bits per heavy atom. The predicted molar refractivity (Wildman–Crippen MR) is 104 cm³/mol. The number of aliphatic imine (C=N–C) groups is 1. The lowest BCUT2D eigenvalue weighted by Gasteiger charge is -1.98. The zero-order valence-corrected chi connectivity index (χ0v) is 14.8. The number of allylic oxidation sites excluding steroid dienone is 1. The standard InChI is InChI=1S/C20H17N3OS/c1-13-7-9-15(10-8-13)22-20-23(2)19(24)18(25-20)11-14-12-21-17-6-4-3-5-16(14)17/h3-12,24H,1-2H3/b14-11+,22-20?. The van der Waals surface area contributed by atoms with Crippen molar-refractivity contribution >= 4 is 40.6 Å². The normalized spacial score (nSPS) is 15.1. The molecular formula is C20H17N3OS. The topological polar surface area (TPSA) is 49.9 Å². The first-order valence-electron chi connectivity index (χ1n) is 7.97. The van der Waals surface area contributed by atoms with Crippen molar-refractivity contribution in [3.05, 3.63) is 69.3 Å². The quantitative estimate of drug-likeness (QED) is 0.724.